The summed E-state index contributed by atoms with van der Waals surface area (Å²) in [5, 5.41) is 12.0. The lowest BCUT2D eigenvalue weighted by molar-refractivity contribution is -0.152. The van der Waals surface area contributed by atoms with E-state index in [-0.39, 0.29) is 5.91 Å². The Hall–Kier alpha value is -3.08. The first-order valence-corrected chi connectivity index (χ1v) is 8.81. The first-order valence-electron chi connectivity index (χ1n) is 8.81. The molecule has 0 radical (unpaired) electrons. The molecule has 0 aliphatic heterocycles. The lowest BCUT2D eigenvalue weighted by atomic mass is 10.1. The van der Waals surface area contributed by atoms with E-state index in [9.17, 15) is 9.59 Å². The zero-order chi connectivity index (χ0) is 19.9. The Morgan fingerprint density at radius 3 is 2.30 bits per heavy atom. The minimum atomic E-state index is -1.28. The number of rotatable bonds is 8. The van der Waals surface area contributed by atoms with Crippen LogP contribution in [-0.2, 0) is 16.0 Å². The smallest absolute Gasteiger partial charge is 0.347 e. The van der Waals surface area contributed by atoms with Crippen LogP contribution in [0.15, 0.2) is 60.2 Å². The van der Waals surface area contributed by atoms with Crippen molar-refractivity contribution in [2.45, 2.75) is 32.8 Å². The highest BCUT2D eigenvalue weighted by Gasteiger charge is 2.29. The fourth-order valence-corrected chi connectivity index (χ4v) is 2.39. The number of carboxylic acid groups (broad SMARTS) is 1. The highest BCUT2D eigenvalue weighted by Crippen LogP contribution is 2.19. The molecule has 5 heteroatoms. The molecule has 0 saturated carbocycles. The van der Waals surface area contributed by atoms with E-state index in [4.69, 9.17) is 9.84 Å². The van der Waals surface area contributed by atoms with Gasteiger partial charge in [0.15, 0.2) is 5.60 Å². The van der Waals surface area contributed by atoms with Gasteiger partial charge in [-0.2, -0.15) is 0 Å². The third-order valence-corrected chi connectivity index (χ3v) is 4.05. The highest BCUT2D eigenvalue weighted by molar-refractivity contribution is 5.97. The van der Waals surface area contributed by atoms with Gasteiger partial charge in [-0.15, -0.1) is 0 Å². The van der Waals surface area contributed by atoms with Crippen LogP contribution in [0.25, 0.3) is 6.08 Å². The summed E-state index contributed by atoms with van der Waals surface area (Å²) in [4.78, 5) is 23.3. The SMILES string of the molecule is C/C(=C\c1ccccc1)C(=O)NCCc1ccc(OC(C)(C)C(=O)O)cc1. The Bertz CT molecular complexity index is 808. The molecule has 0 unspecified atom stereocenters. The number of hydrogen-bond donors (Lipinski definition) is 2. The number of carbonyl (C=O) groups excluding carboxylic acids is 1. The maximum atomic E-state index is 12.2. The Labute approximate surface area is 159 Å². The number of benzene rings is 2. The van der Waals surface area contributed by atoms with E-state index in [2.05, 4.69) is 5.32 Å². The van der Waals surface area contributed by atoms with Gasteiger partial charge in [0.1, 0.15) is 5.75 Å². The van der Waals surface area contributed by atoms with Crippen molar-refractivity contribution in [3.63, 3.8) is 0 Å². The molecule has 2 N–H and O–H groups in total. The zero-order valence-corrected chi connectivity index (χ0v) is 15.9. The molecule has 0 aromatic heterocycles. The lowest BCUT2D eigenvalue weighted by Gasteiger charge is -2.21. The Morgan fingerprint density at radius 2 is 1.70 bits per heavy atom. The van der Waals surface area contributed by atoms with Gasteiger partial charge in [0.2, 0.25) is 5.91 Å². The highest BCUT2D eigenvalue weighted by atomic mass is 16.5. The summed E-state index contributed by atoms with van der Waals surface area (Å²) in [5.41, 5.74) is 1.39. The maximum Gasteiger partial charge on any atom is 0.347 e. The van der Waals surface area contributed by atoms with Crippen molar-refractivity contribution in [1.82, 2.24) is 5.32 Å². The largest absolute Gasteiger partial charge is 0.478 e. The van der Waals surface area contributed by atoms with E-state index < -0.39 is 11.6 Å². The predicted octanol–water partition coefficient (Wildman–Crippen LogP) is 3.69. The number of nitrogens with one attached hydrogen (secondary N) is 1. The van der Waals surface area contributed by atoms with E-state index >= 15 is 0 Å². The quantitative estimate of drug-likeness (QED) is 0.698. The molecular weight excluding hydrogens is 342 g/mol. The Morgan fingerprint density at radius 1 is 1.07 bits per heavy atom. The van der Waals surface area contributed by atoms with Gasteiger partial charge < -0.3 is 15.2 Å². The summed E-state index contributed by atoms with van der Waals surface area (Å²) in [6, 6.07) is 16.9. The van der Waals surface area contributed by atoms with Crippen LogP contribution in [0.3, 0.4) is 0 Å². The summed E-state index contributed by atoms with van der Waals surface area (Å²) in [6.07, 6.45) is 2.53. The molecule has 27 heavy (non-hydrogen) atoms. The fraction of sp³-hybridized carbons (Fsp3) is 0.273. The molecule has 142 valence electrons. The maximum absolute atomic E-state index is 12.2. The first-order chi connectivity index (χ1) is 12.8. The van der Waals surface area contributed by atoms with Crippen molar-refractivity contribution in [3.8, 4) is 5.75 Å². The van der Waals surface area contributed by atoms with Crippen LogP contribution < -0.4 is 10.1 Å². The van der Waals surface area contributed by atoms with E-state index in [1.54, 1.807) is 19.1 Å². The number of aliphatic carboxylic acids is 1. The molecule has 0 heterocycles. The standard InChI is InChI=1S/C22H25NO4/c1-16(15-18-7-5-4-6-8-18)20(24)23-14-13-17-9-11-19(12-10-17)27-22(2,3)21(25)26/h4-12,15H,13-14H2,1-3H3,(H,23,24)(H,25,26)/b16-15+. The molecule has 1 amide bonds. The predicted molar refractivity (Wildman–Crippen MR) is 106 cm³/mol. The summed E-state index contributed by atoms with van der Waals surface area (Å²) in [7, 11) is 0. The Kier molecular flexibility index (Phi) is 6.77. The van der Waals surface area contributed by atoms with E-state index in [1.165, 1.54) is 13.8 Å². The van der Waals surface area contributed by atoms with Crippen LogP contribution in [0.2, 0.25) is 0 Å². The minimum absolute atomic E-state index is 0.0954. The van der Waals surface area contributed by atoms with Crippen LogP contribution in [0.5, 0.6) is 5.75 Å². The molecule has 0 spiro atoms. The number of amides is 1. The van der Waals surface area contributed by atoms with Gasteiger partial charge in [-0.3, -0.25) is 4.79 Å². The summed E-state index contributed by atoms with van der Waals surface area (Å²) in [6.45, 7) is 5.31. The van der Waals surface area contributed by atoms with Crippen LogP contribution in [0.1, 0.15) is 31.9 Å². The molecule has 2 aromatic rings. The summed E-state index contributed by atoms with van der Waals surface area (Å²) >= 11 is 0. The molecule has 0 aliphatic rings. The van der Waals surface area contributed by atoms with Crippen molar-refractivity contribution < 1.29 is 19.4 Å². The van der Waals surface area contributed by atoms with E-state index in [1.807, 2.05) is 48.5 Å². The average molecular weight is 367 g/mol. The van der Waals surface area contributed by atoms with Gasteiger partial charge in [-0.05, 0) is 56.5 Å². The number of hydrogen-bond acceptors (Lipinski definition) is 3. The van der Waals surface area contributed by atoms with Gasteiger partial charge in [0, 0.05) is 12.1 Å². The molecule has 2 aromatic carbocycles. The zero-order valence-electron chi connectivity index (χ0n) is 15.9. The second-order valence-corrected chi connectivity index (χ2v) is 6.81. The van der Waals surface area contributed by atoms with Gasteiger partial charge in [0.25, 0.3) is 0 Å². The van der Waals surface area contributed by atoms with Crippen LogP contribution in [0, 0.1) is 0 Å². The summed E-state index contributed by atoms with van der Waals surface area (Å²) in [5.74, 6) is -0.618. The van der Waals surface area contributed by atoms with Crippen LogP contribution in [0.4, 0.5) is 0 Å². The molecule has 0 aliphatic carbocycles. The van der Waals surface area contributed by atoms with Gasteiger partial charge in [0.05, 0.1) is 0 Å². The Balaban J connectivity index is 1.84. The van der Waals surface area contributed by atoms with Gasteiger partial charge in [-0.25, -0.2) is 4.79 Å². The monoisotopic (exact) mass is 367 g/mol. The third kappa shape index (κ3) is 6.29. The molecule has 0 bridgehead atoms. The van der Waals surface area contributed by atoms with Crippen molar-refractivity contribution in [2.24, 2.45) is 0 Å². The number of carbonyl (C=O) groups is 2. The average Bonchev–Trinajstić information content (AvgIpc) is 2.63. The van der Waals surface area contributed by atoms with Crippen molar-refractivity contribution in [1.29, 1.82) is 0 Å². The summed E-state index contributed by atoms with van der Waals surface area (Å²) < 4.78 is 5.47. The van der Waals surface area contributed by atoms with Crippen LogP contribution >= 0.6 is 0 Å². The normalized spacial score (nSPS) is 11.7. The second-order valence-electron chi connectivity index (χ2n) is 6.81. The topological polar surface area (TPSA) is 75.6 Å². The van der Waals surface area contributed by atoms with Gasteiger partial charge >= 0.3 is 5.97 Å². The lowest BCUT2D eigenvalue weighted by Crippen LogP contribution is -2.37. The first kappa shape index (κ1) is 20.2. The van der Waals surface area contributed by atoms with Crippen molar-refractivity contribution in [2.75, 3.05) is 6.54 Å². The molecule has 0 atom stereocenters. The van der Waals surface area contributed by atoms with Crippen molar-refractivity contribution >= 4 is 18.0 Å². The molecular formula is C22H25NO4. The van der Waals surface area contributed by atoms with E-state index in [0.717, 1.165) is 11.1 Å². The molecule has 2 rings (SSSR count). The molecule has 0 saturated heterocycles. The minimum Gasteiger partial charge on any atom is -0.478 e. The number of carboxylic acids is 1. The van der Waals surface area contributed by atoms with E-state index in [0.29, 0.717) is 24.3 Å². The van der Waals surface area contributed by atoms with Gasteiger partial charge in [-0.1, -0.05) is 42.5 Å². The number of ether oxygens (including phenoxy) is 1. The second kappa shape index (κ2) is 9.03. The fourth-order valence-electron chi connectivity index (χ4n) is 2.39. The molecule has 0 fully saturated rings. The third-order valence-electron chi connectivity index (χ3n) is 4.05. The van der Waals surface area contributed by atoms with Crippen LogP contribution in [-0.4, -0.2) is 29.1 Å². The van der Waals surface area contributed by atoms with Crippen molar-refractivity contribution in [3.05, 3.63) is 71.3 Å². The molecule has 5 nitrogen and oxygen atoms in total.